The summed E-state index contributed by atoms with van der Waals surface area (Å²) in [6.07, 6.45) is -0.594. The number of aliphatic hydroxyl groups excluding tert-OH is 1. The van der Waals surface area contributed by atoms with Gasteiger partial charge in [-0.15, -0.1) is 0 Å². The summed E-state index contributed by atoms with van der Waals surface area (Å²) in [6, 6.07) is 11.0. The van der Waals surface area contributed by atoms with E-state index in [2.05, 4.69) is 92.6 Å². The third-order valence-corrected chi connectivity index (χ3v) is 5.01. The van der Waals surface area contributed by atoms with E-state index >= 15 is 0 Å². The lowest BCUT2D eigenvalue weighted by atomic mass is 9.78. The molecule has 0 heterocycles. The fourth-order valence-corrected chi connectivity index (χ4v) is 3.46. The molecule has 1 nitrogen and oxygen atoms in total. The van der Waals surface area contributed by atoms with E-state index < -0.39 is 6.10 Å². The van der Waals surface area contributed by atoms with Crippen molar-refractivity contribution in [2.45, 2.75) is 79.2 Å². The molecule has 0 amide bonds. The second kappa shape index (κ2) is 6.61. The number of aryl methyl sites for hydroxylation is 3. The minimum absolute atomic E-state index is 0.0487. The van der Waals surface area contributed by atoms with Crippen molar-refractivity contribution in [3.63, 3.8) is 0 Å². The zero-order valence-corrected chi connectivity index (χ0v) is 17.4. The van der Waals surface area contributed by atoms with Crippen LogP contribution < -0.4 is 0 Å². The first-order valence-electron chi connectivity index (χ1n) is 9.22. The Labute approximate surface area is 154 Å². The predicted octanol–water partition coefficient (Wildman–Crippen LogP) is 6.29. The Morgan fingerprint density at radius 1 is 0.680 bits per heavy atom. The maximum Gasteiger partial charge on any atom is 0.105 e. The second-order valence-corrected chi connectivity index (χ2v) is 9.56. The summed E-state index contributed by atoms with van der Waals surface area (Å²) in [6.45, 7) is 19.7. The highest BCUT2D eigenvalue weighted by atomic mass is 16.3. The van der Waals surface area contributed by atoms with E-state index in [-0.39, 0.29) is 10.8 Å². The highest BCUT2D eigenvalue weighted by Crippen LogP contribution is 2.35. The minimum Gasteiger partial charge on any atom is -0.384 e. The van der Waals surface area contributed by atoms with Gasteiger partial charge in [0.2, 0.25) is 0 Å². The van der Waals surface area contributed by atoms with Crippen LogP contribution in [0.1, 0.15) is 86.6 Å². The molecule has 1 heteroatoms. The third kappa shape index (κ3) is 4.33. The Balaban J connectivity index is 2.66. The van der Waals surface area contributed by atoms with Crippen LogP contribution >= 0.6 is 0 Å². The molecule has 0 aliphatic carbocycles. The molecule has 0 fully saturated rings. The SMILES string of the molecule is Cc1cc(C)c(C(O)c2cc(C(C)(C)C)cc(C(C)(C)C)c2)c(C)c1. The van der Waals surface area contributed by atoms with Crippen LogP contribution in [0.5, 0.6) is 0 Å². The van der Waals surface area contributed by atoms with Gasteiger partial charge in [0, 0.05) is 0 Å². The Kier molecular flexibility index (Phi) is 5.21. The summed E-state index contributed by atoms with van der Waals surface area (Å²) in [5.74, 6) is 0. The molecule has 2 rings (SSSR count). The molecule has 0 aromatic heterocycles. The molecule has 1 unspecified atom stereocenters. The van der Waals surface area contributed by atoms with Crippen LogP contribution in [0.3, 0.4) is 0 Å². The standard InChI is InChI=1S/C24H34O/c1-15-10-16(2)21(17(3)11-15)22(25)18-12-19(23(4,5)6)14-20(13-18)24(7,8)9/h10-14,22,25H,1-9H3. The maximum absolute atomic E-state index is 11.2. The smallest absolute Gasteiger partial charge is 0.105 e. The van der Waals surface area contributed by atoms with Crippen LogP contribution in [-0.4, -0.2) is 5.11 Å². The van der Waals surface area contributed by atoms with Crippen LogP contribution in [0, 0.1) is 20.8 Å². The number of hydrogen-bond donors (Lipinski definition) is 1. The molecule has 0 bridgehead atoms. The van der Waals surface area contributed by atoms with Gasteiger partial charge >= 0.3 is 0 Å². The van der Waals surface area contributed by atoms with Gasteiger partial charge in [0.15, 0.2) is 0 Å². The molecule has 0 saturated heterocycles. The van der Waals surface area contributed by atoms with Crippen molar-refractivity contribution >= 4 is 0 Å². The summed E-state index contributed by atoms with van der Waals surface area (Å²) in [7, 11) is 0. The zero-order chi connectivity index (χ0) is 19.2. The van der Waals surface area contributed by atoms with Gasteiger partial charge < -0.3 is 5.11 Å². The van der Waals surface area contributed by atoms with Crippen molar-refractivity contribution in [3.8, 4) is 0 Å². The Hall–Kier alpha value is -1.60. The first-order valence-corrected chi connectivity index (χ1v) is 9.22. The molecule has 2 aromatic rings. The molecule has 0 spiro atoms. The summed E-state index contributed by atoms with van der Waals surface area (Å²) >= 11 is 0. The maximum atomic E-state index is 11.2. The van der Waals surface area contributed by atoms with Crippen molar-refractivity contribution < 1.29 is 5.11 Å². The Morgan fingerprint density at radius 3 is 1.44 bits per heavy atom. The van der Waals surface area contributed by atoms with Crippen LogP contribution in [-0.2, 0) is 10.8 Å². The van der Waals surface area contributed by atoms with Crippen LogP contribution in [0.25, 0.3) is 0 Å². The summed E-state index contributed by atoms with van der Waals surface area (Å²) in [5, 5.41) is 11.2. The monoisotopic (exact) mass is 338 g/mol. The predicted molar refractivity (Wildman–Crippen MR) is 109 cm³/mol. The van der Waals surface area contributed by atoms with E-state index in [1.165, 1.54) is 16.7 Å². The summed E-state index contributed by atoms with van der Waals surface area (Å²) in [4.78, 5) is 0. The van der Waals surface area contributed by atoms with Gasteiger partial charge in [-0.3, -0.25) is 0 Å². The van der Waals surface area contributed by atoms with E-state index in [0.717, 1.165) is 22.3 Å². The van der Waals surface area contributed by atoms with Crippen molar-refractivity contribution in [3.05, 3.63) is 69.3 Å². The summed E-state index contributed by atoms with van der Waals surface area (Å²) in [5.41, 5.74) is 8.23. The molecule has 0 aliphatic heterocycles. The number of rotatable bonds is 2. The average Bonchev–Trinajstić information content (AvgIpc) is 2.43. The van der Waals surface area contributed by atoms with Crippen molar-refractivity contribution in [2.24, 2.45) is 0 Å². The van der Waals surface area contributed by atoms with Gasteiger partial charge in [-0.25, -0.2) is 0 Å². The van der Waals surface area contributed by atoms with E-state index in [0.29, 0.717) is 0 Å². The number of aliphatic hydroxyl groups is 1. The van der Waals surface area contributed by atoms with E-state index in [9.17, 15) is 5.11 Å². The fraction of sp³-hybridized carbons (Fsp3) is 0.500. The first-order chi connectivity index (χ1) is 11.3. The lowest BCUT2D eigenvalue weighted by Crippen LogP contribution is -2.18. The van der Waals surface area contributed by atoms with E-state index in [1.54, 1.807) is 0 Å². The molecule has 1 N–H and O–H groups in total. The highest BCUT2D eigenvalue weighted by molar-refractivity contribution is 5.46. The van der Waals surface area contributed by atoms with E-state index in [4.69, 9.17) is 0 Å². The van der Waals surface area contributed by atoms with E-state index in [1.807, 2.05) is 0 Å². The van der Waals surface area contributed by atoms with Gasteiger partial charge in [0.25, 0.3) is 0 Å². The molecule has 2 aromatic carbocycles. The topological polar surface area (TPSA) is 20.2 Å². The van der Waals surface area contributed by atoms with Gasteiger partial charge in [0.05, 0.1) is 0 Å². The molecular weight excluding hydrogens is 304 g/mol. The first kappa shape index (κ1) is 19.7. The van der Waals surface area contributed by atoms with Crippen LogP contribution in [0.4, 0.5) is 0 Å². The van der Waals surface area contributed by atoms with Crippen molar-refractivity contribution in [2.75, 3.05) is 0 Å². The zero-order valence-electron chi connectivity index (χ0n) is 17.4. The Morgan fingerprint density at radius 2 is 1.08 bits per heavy atom. The molecule has 0 saturated carbocycles. The number of benzene rings is 2. The fourth-order valence-electron chi connectivity index (χ4n) is 3.46. The lowest BCUT2D eigenvalue weighted by molar-refractivity contribution is 0.218. The van der Waals surface area contributed by atoms with Gasteiger partial charge in [0.1, 0.15) is 6.10 Å². The highest BCUT2D eigenvalue weighted by Gasteiger charge is 2.24. The van der Waals surface area contributed by atoms with Crippen molar-refractivity contribution in [1.29, 1.82) is 0 Å². The minimum atomic E-state index is -0.594. The number of hydrogen-bond acceptors (Lipinski definition) is 1. The molecule has 25 heavy (non-hydrogen) atoms. The van der Waals surface area contributed by atoms with Gasteiger partial charge in [-0.2, -0.15) is 0 Å². The largest absolute Gasteiger partial charge is 0.384 e. The molecule has 136 valence electrons. The second-order valence-electron chi connectivity index (χ2n) is 9.56. The quantitative estimate of drug-likeness (QED) is 0.682. The van der Waals surface area contributed by atoms with Crippen molar-refractivity contribution in [1.82, 2.24) is 0 Å². The molecule has 0 aliphatic rings. The van der Waals surface area contributed by atoms with Crippen LogP contribution in [0.15, 0.2) is 30.3 Å². The third-order valence-electron chi connectivity index (χ3n) is 5.01. The van der Waals surface area contributed by atoms with Gasteiger partial charge in [-0.05, 0) is 65.0 Å². The molecule has 1 atom stereocenters. The molecular formula is C24H34O. The normalized spacial score (nSPS) is 13.8. The Bertz CT molecular complexity index is 714. The summed E-state index contributed by atoms with van der Waals surface area (Å²) < 4.78 is 0. The molecule has 0 radical (unpaired) electrons. The lowest BCUT2D eigenvalue weighted by Gasteiger charge is -2.28. The van der Waals surface area contributed by atoms with Gasteiger partial charge in [-0.1, -0.05) is 77.4 Å². The average molecular weight is 339 g/mol. The van der Waals surface area contributed by atoms with Crippen LogP contribution in [0.2, 0.25) is 0 Å².